The zero-order chi connectivity index (χ0) is 20.4. The van der Waals surface area contributed by atoms with Crippen molar-refractivity contribution in [3.63, 3.8) is 0 Å². The summed E-state index contributed by atoms with van der Waals surface area (Å²) in [6, 6.07) is 0.554. The Morgan fingerprint density at radius 3 is 2.41 bits per heavy atom. The Morgan fingerprint density at radius 2 is 1.93 bits per heavy atom. The Balaban J connectivity index is 0.000000646. The normalized spacial score (nSPS) is 15.0. The van der Waals surface area contributed by atoms with Gasteiger partial charge in [0.25, 0.3) is 0 Å². The first-order chi connectivity index (χ1) is 12.7. The number of amides is 1. The Hall–Kier alpha value is -1.60. The first-order valence-corrected chi connectivity index (χ1v) is 10.00. The molecule has 154 valence electrons. The first kappa shape index (κ1) is 23.4. The summed E-state index contributed by atoms with van der Waals surface area (Å²) >= 11 is 5.34. The smallest absolute Gasteiger partial charge is 0.323 e. The van der Waals surface area contributed by atoms with Crippen molar-refractivity contribution in [2.75, 3.05) is 33.1 Å². The van der Waals surface area contributed by atoms with E-state index in [-0.39, 0.29) is 12.5 Å². The maximum atomic E-state index is 12.3. The summed E-state index contributed by atoms with van der Waals surface area (Å²) in [6.07, 6.45) is 6.08. The third-order valence-electron chi connectivity index (χ3n) is 4.53. The van der Waals surface area contributed by atoms with E-state index in [1.54, 1.807) is 17.0 Å². The number of rotatable bonds is 7. The number of aryl methyl sites for hydroxylation is 1. The van der Waals surface area contributed by atoms with E-state index >= 15 is 0 Å². The molecule has 0 bridgehead atoms. The van der Waals surface area contributed by atoms with Crippen molar-refractivity contribution in [2.24, 2.45) is 5.92 Å². The van der Waals surface area contributed by atoms with Crippen LogP contribution < -0.4 is 0 Å². The molecule has 0 aromatic carbocycles. The largest absolute Gasteiger partial charge is 0.480 e. The molecule has 0 unspecified atom stereocenters. The topological polar surface area (TPSA) is 78.7 Å². The van der Waals surface area contributed by atoms with Gasteiger partial charge >= 0.3 is 5.97 Å². The van der Waals surface area contributed by atoms with E-state index in [2.05, 4.69) is 37.8 Å². The number of carboxylic acids is 1. The average molecular weight is 401 g/mol. The third-order valence-corrected chi connectivity index (χ3v) is 5.14. The van der Waals surface area contributed by atoms with E-state index in [1.165, 1.54) is 0 Å². The molecule has 7 nitrogen and oxygen atoms in total. The standard InChI is InChI=1S/C15H24N4O3.C4H9Cl/c1-17(2)12-5-8-18(9-6-12)14(20)4-3-13-16-7-10-19(13)11-15(21)22;1-4(2)3-5/h7,10,12H,3-6,8-9,11H2,1-2H3,(H,21,22);4H,3H2,1-2H3. The fourth-order valence-electron chi connectivity index (χ4n) is 2.87. The highest BCUT2D eigenvalue weighted by Gasteiger charge is 2.23. The number of aliphatic carboxylic acids is 1. The predicted octanol–water partition coefficient (Wildman–Crippen LogP) is 2.33. The molecule has 1 aliphatic heterocycles. The van der Waals surface area contributed by atoms with E-state index in [4.69, 9.17) is 16.7 Å². The minimum atomic E-state index is -0.906. The zero-order valence-corrected chi connectivity index (χ0v) is 17.7. The van der Waals surface area contributed by atoms with Crippen LogP contribution in [0, 0.1) is 5.92 Å². The van der Waals surface area contributed by atoms with Crippen LogP contribution in [0.2, 0.25) is 0 Å². The Kier molecular flexibility index (Phi) is 10.4. The van der Waals surface area contributed by atoms with Gasteiger partial charge in [-0.25, -0.2) is 4.98 Å². The number of halogens is 1. The molecule has 1 amide bonds. The molecule has 1 aromatic heterocycles. The van der Waals surface area contributed by atoms with Gasteiger partial charge in [-0.15, -0.1) is 11.6 Å². The number of hydrogen-bond acceptors (Lipinski definition) is 4. The van der Waals surface area contributed by atoms with Gasteiger partial charge in [-0.1, -0.05) is 13.8 Å². The van der Waals surface area contributed by atoms with Crippen LogP contribution in [0.1, 0.15) is 38.9 Å². The van der Waals surface area contributed by atoms with Crippen LogP contribution >= 0.6 is 11.6 Å². The van der Waals surface area contributed by atoms with Gasteiger partial charge in [-0.3, -0.25) is 9.59 Å². The van der Waals surface area contributed by atoms with E-state index in [0.717, 1.165) is 31.8 Å². The van der Waals surface area contributed by atoms with E-state index in [0.29, 0.717) is 30.6 Å². The Bertz CT molecular complexity index is 581. The SMILES string of the molecule is CC(C)CCl.CN(C)C1CCN(C(=O)CCc2nccn2CC(=O)O)CC1. The Morgan fingerprint density at radius 1 is 1.33 bits per heavy atom. The summed E-state index contributed by atoms with van der Waals surface area (Å²) in [4.78, 5) is 31.3. The highest BCUT2D eigenvalue weighted by atomic mass is 35.5. The van der Waals surface area contributed by atoms with Crippen molar-refractivity contribution in [1.29, 1.82) is 0 Å². The molecule has 1 N–H and O–H groups in total. The predicted molar refractivity (Wildman–Crippen MR) is 107 cm³/mol. The number of aromatic nitrogens is 2. The Labute approximate surface area is 167 Å². The van der Waals surface area contributed by atoms with Crippen molar-refractivity contribution in [1.82, 2.24) is 19.4 Å². The molecule has 27 heavy (non-hydrogen) atoms. The summed E-state index contributed by atoms with van der Waals surface area (Å²) in [5.41, 5.74) is 0. The van der Waals surface area contributed by atoms with Crippen molar-refractivity contribution < 1.29 is 14.7 Å². The first-order valence-electron chi connectivity index (χ1n) is 9.46. The lowest BCUT2D eigenvalue weighted by atomic mass is 10.0. The quantitative estimate of drug-likeness (QED) is 0.710. The van der Waals surface area contributed by atoms with Crippen molar-refractivity contribution in [3.8, 4) is 0 Å². The summed E-state index contributed by atoms with van der Waals surface area (Å²) in [6.45, 7) is 5.66. The zero-order valence-electron chi connectivity index (χ0n) is 16.9. The van der Waals surface area contributed by atoms with Gasteiger partial charge < -0.3 is 19.5 Å². The number of nitrogens with zero attached hydrogens (tertiary/aromatic N) is 4. The minimum absolute atomic E-state index is 0.113. The maximum absolute atomic E-state index is 12.3. The molecule has 1 fully saturated rings. The van der Waals surface area contributed by atoms with Crippen LogP contribution in [0.15, 0.2) is 12.4 Å². The van der Waals surface area contributed by atoms with Crippen LogP contribution in [-0.4, -0.2) is 75.4 Å². The van der Waals surface area contributed by atoms with Crippen molar-refractivity contribution in [2.45, 2.75) is 52.1 Å². The highest BCUT2D eigenvalue weighted by molar-refractivity contribution is 6.18. The molecule has 0 spiro atoms. The molecule has 0 atom stereocenters. The van der Waals surface area contributed by atoms with Gasteiger partial charge in [0.2, 0.25) is 5.91 Å². The van der Waals surface area contributed by atoms with Gasteiger partial charge in [0.05, 0.1) is 0 Å². The number of piperidine rings is 1. The fraction of sp³-hybridized carbons (Fsp3) is 0.737. The molecule has 1 aliphatic rings. The lowest BCUT2D eigenvalue weighted by molar-refractivity contribution is -0.137. The molecular weight excluding hydrogens is 368 g/mol. The number of imidazole rings is 1. The molecule has 0 radical (unpaired) electrons. The molecule has 8 heteroatoms. The average Bonchev–Trinajstić information content (AvgIpc) is 3.06. The van der Waals surface area contributed by atoms with Crippen molar-refractivity contribution >= 4 is 23.5 Å². The number of alkyl halides is 1. The monoisotopic (exact) mass is 400 g/mol. The molecule has 1 saturated heterocycles. The van der Waals surface area contributed by atoms with Gasteiger partial charge in [0, 0.05) is 50.2 Å². The summed E-state index contributed by atoms with van der Waals surface area (Å²) in [5.74, 6) is 1.30. The molecule has 0 aliphatic carbocycles. The fourth-order valence-corrected chi connectivity index (χ4v) is 2.87. The molecule has 2 rings (SSSR count). The number of hydrogen-bond donors (Lipinski definition) is 1. The number of carbonyl (C=O) groups is 2. The second kappa shape index (κ2) is 12.0. The van der Waals surface area contributed by atoms with Gasteiger partial charge in [0.1, 0.15) is 12.4 Å². The lowest BCUT2D eigenvalue weighted by Crippen LogP contribution is -2.44. The lowest BCUT2D eigenvalue weighted by Gasteiger charge is -2.35. The van der Waals surface area contributed by atoms with Crippen LogP contribution in [0.4, 0.5) is 0 Å². The molecular formula is C19H33ClN4O3. The highest BCUT2D eigenvalue weighted by Crippen LogP contribution is 2.15. The molecule has 0 saturated carbocycles. The third kappa shape index (κ3) is 8.75. The van der Waals surface area contributed by atoms with E-state index in [1.807, 2.05) is 4.90 Å². The number of carbonyl (C=O) groups excluding carboxylic acids is 1. The minimum Gasteiger partial charge on any atom is -0.480 e. The maximum Gasteiger partial charge on any atom is 0.323 e. The van der Waals surface area contributed by atoms with Crippen molar-refractivity contribution in [3.05, 3.63) is 18.2 Å². The number of likely N-dealkylation sites (tertiary alicyclic amines) is 1. The van der Waals surface area contributed by atoms with Gasteiger partial charge in [-0.05, 0) is 32.9 Å². The van der Waals surface area contributed by atoms with Gasteiger partial charge in [-0.2, -0.15) is 0 Å². The molecule has 1 aromatic rings. The van der Waals surface area contributed by atoms with Crippen LogP contribution in [0.5, 0.6) is 0 Å². The molecule has 2 heterocycles. The van der Waals surface area contributed by atoms with Gasteiger partial charge in [0.15, 0.2) is 0 Å². The van der Waals surface area contributed by atoms with E-state index < -0.39 is 5.97 Å². The second-order valence-corrected chi connectivity index (χ2v) is 7.80. The summed E-state index contributed by atoms with van der Waals surface area (Å²) in [5, 5.41) is 8.83. The van der Waals surface area contributed by atoms with E-state index in [9.17, 15) is 9.59 Å². The van der Waals surface area contributed by atoms with Crippen LogP contribution in [0.25, 0.3) is 0 Å². The van der Waals surface area contributed by atoms with Crippen LogP contribution in [0.3, 0.4) is 0 Å². The summed E-state index contributed by atoms with van der Waals surface area (Å²) in [7, 11) is 4.15. The second-order valence-electron chi connectivity index (χ2n) is 7.49. The summed E-state index contributed by atoms with van der Waals surface area (Å²) < 4.78 is 1.58. The van der Waals surface area contributed by atoms with Crippen LogP contribution in [-0.2, 0) is 22.6 Å². The number of carboxylic acid groups (broad SMARTS) is 1.